The summed E-state index contributed by atoms with van der Waals surface area (Å²) in [5.41, 5.74) is 0.252. The van der Waals surface area contributed by atoms with E-state index >= 15 is 0 Å². The molecule has 1 N–H and O–H groups in total. The predicted molar refractivity (Wildman–Crippen MR) is 86.8 cm³/mol. The van der Waals surface area contributed by atoms with Crippen LogP contribution in [0.5, 0.6) is 0 Å². The number of hydrogen-bond donors (Lipinski definition) is 1. The third-order valence-electron chi connectivity index (χ3n) is 4.05. The molecule has 2 unspecified atom stereocenters. The Morgan fingerprint density at radius 3 is 2.62 bits per heavy atom. The van der Waals surface area contributed by atoms with Gasteiger partial charge in [-0.05, 0) is 54.0 Å². The maximum absolute atomic E-state index is 13.4. The summed E-state index contributed by atoms with van der Waals surface area (Å²) in [6.07, 6.45) is 3.15. The maximum atomic E-state index is 13.4. The number of carbonyl (C=O) groups is 1. The van der Waals surface area contributed by atoms with Gasteiger partial charge in [0.1, 0.15) is 0 Å². The van der Waals surface area contributed by atoms with Crippen LogP contribution in [0.15, 0.2) is 12.1 Å². The van der Waals surface area contributed by atoms with Crippen molar-refractivity contribution in [2.75, 3.05) is 13.1 Å². The number of amides is 1. The van der Waals surface area contributed by atoms with Crippen molar-refractivity contribution in [1.29, 1.82) is 0 Å². The van der Waals surface area contributed by atoms with Gasteiger partial charge in [0.05, 0.1) is 5.56 Å². The van der Waals surface area contributed by atoms with E-state index in [4.69, 9.17) is 0 Å². The molecule has 3 nitrogen and oxygen atoms in total. The fourth-order valence-electron chi connectivity index (χ4n) is 2.98. The van der Waals surface area contributed by atoms with Gasteiger partial charge in [-0.3, -0.25) is 4.79 Å². The quantitative estimate of drug-likeness (QED) is 0.551. The van der Waals surface area contributed by atoms with E-state index in [1.807, 2.05) is 22.6 Å². The number of likely N-dealkylation sites (tertiary alicyclic amines) is 1. The lowest BCUT2D eigenvalue weighted by atomic mass is 10.1. The molecule has 2 aliphatic rings. The Hall–Kier alpha value is -0.470. The van der Waals surface area contributed by atoms with Gasteiger partial charge >= 0.3 is 0 Å². The first kappa shape index (κ1) is 16.9. The summed E-state index contributed by atoms with van der Waals surface area (Å²) in [7, 11) is 0. The van der Waals surface area contributed by atoms with Gasteiger partial charge in [-0.2, -0.15) is 0 Å². The van der Waals surface area contributed by atoms with Crippen LogP contribution in [0.3, 0.4) is 0 Å². The van der Waals surface area contributed by atoms with Crippen LogP contribution in [-0.2, 0) is 0 Å². The van der Waals surface area contributed by atoms with E-state index in [1.165, 1.54) is 0 Å². The Kier molecular flexibility index (Phi) is 5.43. The third-order valence-corrected chi connectivity index (χ3v) is 4.94. The molecule has 1 aromatic carbocycles. The summed E-state index contributed by atoms with van der Waals surface area (Å²) in [6.45, 7) is 1.31. The van der Waals surface area contributed by atoms with Crippen LogP contribution in [0.25, 0.3) is 0 Å². The van der Waals surface area contributed by atoms with Gasteiger partial charge in [0.25, 0.3) is 5.91 Å². The molecule has 7 heteroatoms. The number of halogens is 4. The van der Waals surface area contributed by atoms with Crippen LogP contribution in [-0.4, -0.2) is 36.0 Å². The Morgan fingerprint density at radius 1 is 1.19 bits per heavy atom. The van der Waals surface area contributed by atoms with Crippen molar-refractivity contribution in [3.8, 4) is 0 Å². The second-order valence-corrected chi connectivity index (χ2v) is 6.59. The third kappa shape index (κ3) is 3.48. The smallest absolute Gasteiger partial charge is 0.255 e. The molecular formula is C14H16ClF2IN2O. The molecule has 21 heavy (non-hydrogen) atoms. The SMILES string of the molecule is Cl.O=C(c1cc(F)c(F)cc1I)N1CCC2CCC(C1)N2. The molecule has 0 spiro atoms. The summed E-state index contributed by atoms with van der Waals surface area (Å²) in [6, 6.07) is 2.90. The molecular weight excluding hydrogens is 413 g/mol. The fourth-order valence-corrected chi connectivity index (χ4v) is 3.64. The van der Waals surface area contributed by atoms with Gasteiger partial charge in [-0.1, -0.05) is 0 Å². The zero-order valence-corrected chi connectivity index (χ0v) is 14.2. The van der Waals surface area contributed by atoms with Crippen molar-refractivity contribution in [2.24, 2.45) is 0 Å². The molecule has 2 bridgehead atoms. The Bertz CT molecular complexity index is 558. The van der Waals surface area contributed by atoms with Crippen molar-refractivity contribution in [1.82, 2.24) is 10.2 Å². The van der Waals surface area contributed by atoms with Gasteiger partial charge < -0.3 is 10.2 Å². The number of hydrogen-bond acceptors (Lipinski definition) is 2. The normalized spacial score (nSPS) is 24.4. The van der Waals surface area contributed by atoms with Crippen LogP contribution in [0.4, 0.5) is 8.78 Å². The molecule has 0 saturated carbocycles. The first-order chi connectivity index (χ1) is 9.54. The lowest BCUT2D eigenvalue weighted by Gasteiger charge is -2.24. The number of fused-ring (bicyclic) bond motifs is 2. The monoisotopic (exact) mass is 428 g/mol. The number of carbonyl (C=O) groups excluding carboxylic acids is 1. The Balaban J connectivity index is 0.00000161. The summed E-state index contributed by atoms with van der Waals surface area (Å²) in [5, 5.41) is 3.49. The molecule has 0 aliphatic carbocycles. The topological polar surface area (TPSA) is 32.3 Å². The highest BCUT2D eigenvalue weighted by molar-refractivity contribution is 14.1. The molecule has 2 atom stereocenters. The molecule has 0 radical (unpaired) electrons. The summed E-state index contributed by atoms with van der Waals surface area (Å²) >= 11 is 1.88. The Morgan fingerprint density at radius 2 is 1.86 bits per heavy atom. The van der Waals surface area contributed by atoms with E-state index < -0.39 is 11.6 Å². The summed E-state index contributed by atoms with van der Waals surface area (Å²) < 4.78 is 26.9. The lowest BCUT2D eigenvalue weighted by molar-refractivity contribution is 0.0746. The molecule has 1 aromatic rings. The molecule has 116 valence electrons. The number of benzene rings is 1. The molecule has 2 saturated heterocycles. The summed E-state index contributed by atoms with van der Waals surface area (Å²) in [5.74, 6) is -2.09. The molecule has 1 amide bonds. The number of nitrogens with one attached hydrogen (secondary N) is 1. The molecule has 2 aliphatic heterocycles. The Labute approximate surface area is 142 Å². The standard InChI is InChI=1S/C14H15F2IN2O.ClH/c15-11-5-10(13(17)6-12(11)16)14(20)19-4-3-8-1-2-9(7-19)18-8;/h5-6,8-9,18H,1-4,7H2;1H. The van der Waals surface area contributed by atoms with Gasteiger partial charge in [-0.15, -0.1) is 12.4 Å². The summed E-state index contributed by atoms with van der Waals surface area (Å²) in [4.78, 5) is 14.3. The second kappa shape index (κ2) is 6.75. The lowest BCUT2D eigenvalue weighted by Crippen LogP contribution is -2.39. The predicted octanol–water partition coefficient (Wildman–Crippen LogP) is 2.96. The van der Waals surface area contributed by atoms with E-state index in [-0.39, 0.29) is 23.9 Å². The van der Waals surface area contributed by atoms with Crippen LogP contribution in [0, 0.1) is 15.2 Å². The maximum Gasteiger partial charge on any atom is 0.255 e. The average Bonchev–Trinajstić information content (AvgIpc) is 2.73. The van der Waals surface area contributed by atoms with Crippen molar-refractivity contribution >= 4 is 40.9 Å². The van der Waals surface area contributed by atoms with Crippen LogP contribution in [0.2, 0.25) is 0 Å². The van der Waals surface area contributed by atoms with Crippen molar-refractivity contribution in [2.45, 2.75) is 31.3 Å². The first-order valence-electron chi connectivity index (χ1n) is 6.74. The average molecular weight is 429 g/mol. The largest absolute Gasteiger partial charge is 0.337 e. The van der Waals surface area contributed by atoms with Crippen LogP contribution in [0.1, 0.15) is 29.6 Å². The minimum atomic E-state index is -0.969. The van der Waals surface area contributed by atoms with E-state index in [1.54, 1.807) is 4.90 Å². The van der Waals surface area contributed by atoms with Crippen LogP contribution >= 0.6 is 35.0 Å². The van der Waals surface area contributed by atoms with Gasteiger partial charge in [-0.25, -0.2) is 8.78 Å². The highest BCUT2D eigenvalue weighted by atomic mass is 127. The van der Waals surface area contributed by atoms with Gasteiger partial charge in [0, 0.05) is 28.7 Å². The van der Waals surface area contributed by atoms with E-state index in [0.717, 1.165) is 31.4 Å². The zero-order chi connectivity index (χ0) is 14.3. The molecule has 0 aromatic heterocycles. The molecule has 2 fully saturated rings. The number of rotatable bonds is 1. The second-order valence-electron chi connectivity index (χ2n) is 5.42. The fraction of sp³-hybridized carbons (Fsp3) is 0.500. The van der Waals surface area contributed by atoms with E-state index in [9.17, 15) is 13.6 Å². The highest BCUT2D eigenvalue weighted by Crippen LogP contribution is 2.24. The minimum absolute atomic E-state index is 0. The van der Waals surface area contributed by atoms with E-state index in [2.05, 4.69) is 5.32 Å². The van der Waals surface area contributed by atoms with E-state index in [0.29, 0.717) is 28.7 Å². The van der Waals surface area contributed by atoms with Crippen molar-refractivity contribution in [3.63, 3.8) is 0 Å². The zero-order valence-electron chi connectivity index (χ0n) is 11.2. The van der Waals surface area contributed by atoms with Crippen molar-refractivity contribution in [3.05, 3.63) is 32.9 Å². The number of nitrogens with zero attached hydrogens (tertiary/aromatic N) is 1. The van der Waals surface area contributed by atoms with Gasteiger partial charge in [0.2, 0.25) is 0 Å². The molecule has 3 rings (SSSR count). The van der Waals surface area contributed by atoms with Crippen molar-refractivity contribution < 1.29 is 13.6 Å². The first-order valence-corrected chi connectivity index (χ1v) is 7.82. The minimum Gasteiger partial charge on any atom is -0.337 e. The van der Waals surface area contributed by atoms with Gasteiger partial charge in [0.15, 0.2) is 11.6 Å². The van der Waals surface area contributed by atoms with Crippen LogP contribution < -0.4 is 5.32 Å². The molecule has 2 heterocycles. The highest BCUT2D eigenvalue weighted by Gasteiger charge is 2.32.